The van der Waals surface area contributed by atoms with E-state index in [0.717, 1.165) is 10.3 Å². The third kappa shape index (κ3) is 5.04. The number of aromatic nitrogens is 1. The molecule has 7 nitrogen and oxygen atoms in total. The van der Waals surface area contributed by atoms with Crippen LogP contribution in [0.15, 0.2) is 41.3 Å². The number of methoxy groups -OCH3 is 2. The summed E-state index contributed by atoms with van der Waals surface area (Å²) in [5, 5.41) is 3.18. The Morgan fingerprint density at radius 3 is 2.41 bits per heavy atom. The minimum Gasteiger partial charge on any atom is -0.493 e. The third-order valence-corrected chi connectivity index (χ3v) is 7.09. The van der Waals surface area contributed by atoms with Gasteiger partial charge in [-0.2, -0.15) is 0 Å². The molecule has 0 fully saturated rings. The minimum absolute atomic E-state index is 0.0856. The largest absolute Gasteiger partial charge is 0.493 e. The van der Waals surface area contributed by atoms with Crippen LogP contribution in [0.1, 0.15) is 18.4 Å². The number of rotatable bonds is 8. The highest BCUT2D eigenvalue weighted by Crippen LogP contribution is 2.36. The van der Waals surface area contributed by atoms with E-state index in [0.29, 0.717) is 22.1 Å². The normalized spacial score (nSPS) is 11.4. The van der Waals surface area contributed by atoms with E-state index in [1.807, 2.05) is 6.92 Å². The summed E-state index contributed by atoms with van der Waals surface area (Å²) in [6.45, 7) is 1.90. The van der Waals surface area contributed by atoms with Crippen LogP contribution in [0.3, 0.4) is 0 Å². The molecule has 3 aromatic rings. The summed E-state index contributed by atoms with van der Waals surface area (Å²) < 4.78 is 36.1. The number of amides is 1. The number of aryl methyl sites for hydroxylation is 1. The zero-order chi connectivity index (χ0) is 21.0. The number of carbonyl (C=O) groups excluding carboxylic acids is 1. The van der Waals surface area contributed by atoms with Crippen molar-refractivity contribution in [3.05, 3.63) is 42.0 Å². The van der Waals surface area contributed by atoms with Crippen molar-refractivity contribution in [3.8, 4) is 11.5 Å². The minimum atomic E-state index is -3.40. The summed E-state index contributed by atoms with van der Waals surface area (Å²) in [4.78, 5) is 16.9. The van der Waals surface area contributed by atoms with E-state index in [4.69, 9.17) is 9.47 Å². The van der Waals surface area contributed by atoms with Gasteiger partial charge in [-0.15, -0.1) is 0 Å². The van der Waals surface area contributed by atoms with Crippen molar-refractivity contribution in [2.75, 3.05) is 25.3 Å². The lowest BCUT2D eigenvalue weighted by atomic mass is 10.2. The first-order valence-electron chi connectivity index (χ1n) is 8.94. The van der Waals surface area contributed by atoms with Crippen molar-refractivity contribution in [1.82, 2.24) is 4.98 Å². The van der Waals surface area contributed by atoms with Gasteiger partial charge in [0, 0.05) is 18.6 Å². The Balaban J connectivity index is 1.60. The molecule has 0 aliphatic heterocycles. The second kappa shape index (κ2) is 8.79. The summed E-state index contributed by atoms with van der Waals surface area (Å²) in [5.74, 6) is 0.784. The van der Waals surface area contributed by atoms with Crippen LogP contribution in [0.5, 0.6) is 11.5 Å². The fraction of sp³-hybridized carbons (Fsp3) is 0.300. The lowest BCUT2D eigenvalue weighted by molar-refractivity contribution is -0.116. The fourth-order valence-electron chi connectivity index (χ4n) is 2.78. The van der Waals surface area contributed by atoms with Gasteiger partial charge in [0.1, 0.15) is 0 Å². The first-order valence-corrected chi connectivity index (χ1v) is 11.4. The monoisotopic (exact) mass is 434 g/mol. The SMILES string of the molecule is COc1cc2nc(NC(=O)CCCS(=O)(=O)c3ccc(C)cc3)sc2cc1OC. The smallest absolute Gasteiger partial charge is 0.226 e. The maximum atomic E-state index is 12.4. The average molecular weight is 435 g/mol. The maximum absolute atomic E-state index is 12.4. The molecule has 1 N–H and O–H groups in total. The van der Waals surface area contributed by atoms with Gasteiger partial charge in [-0.1, -0.05) is 29.0 Å². The summed E-state index contributed by atoms with van der Waals surface area (Å²) >= 11 is 1.31. The number of thiazole rings is 1. The molecule has 1 aromatic heterocycles. The van der Waals surface area contributed by atoms with Crippen LogP contribution in [0.25, 0.3) is 10.2 Å². The van der Waals surface area contributed by atoms with E-state index < -0.39 is 9.84 Å². The second-order valence-electron chi connectivity index (χ2n) is 6.48. The predicted molar refractivity (Wildman–Crippen MR) is 114 cm³/mol. The molecule has 0 atom stereocenters. The molecule has 29 heavy (non-hydrogen) atoms. The van der Waals surface area contributed by atoms with Crippen molar-refractivity contribution < 1.29 is 22.7 Å². The molecule has 2 aromatic carbocycles. The van der Waals surface area contributed by atoms with Crippen molar-refractivity contribution in [2.24, 2.45) is 0 Å². The van der Waals surface area contributed by atoms with Crippen LogP contribution in [-0.4, -0.2) is 39.3 Å². The second-order valence-corrected chi connectivity index (χ2v) is 9.62. The quantitative estimate of drug-likeness (QED) is 0.579. The van der Waals surface area contributed by atoms with Gasteiger partial charge in [0.25, 0.3) is 0 Å². The fourth-order valence-corrected chi connectivity index (χ4v) is 4.98. The lowest BCUT2D eigenvalue weighted by Gasteiger charge is -2.05. The molecule has 0 radical (unpaired) electrons. The molecule has 0 aliphatic carbocycles. The molecule has 0 saturated carbocycles. The van der Waals surface area contributed by atoms with Gasteiger partial charge in [0.05, 0.1) is 35.1 Å². The van der Waals surface area contributed by atoms with Crippen molar-refractivity contribution >= 4 is 42.4 Å². The van der Waals surface area contributed by atoms with Crippen LogP contribution < -0.4 is 14.8 Å². The van der Waals surface area contributed by atoms with Crippen molar-refractivity contribution in [2.45, 2.75) is 24.7 Å². The Kier molecular flexibility index (Phi) is 6.39. The van der Waals surface area contributed by atoms with Gasteiger partial charge in [-0.05, 0) is 25.5 Å². The van der Waals surface area contributed by atoms with Crippen LogP contribution in [0.2, 0.25) is 0 Å². The topological polar surface area (TPSA) is 94.6 Å². The molecule has 0 aliphatic rings. The molecule has 0 spiro atoms. The molecule has 3 rings (SSSR count). The Bertz CT molecular complexity index is 1080. The number of benzene rings is 2. The summed E-state index contributed by atoms with van der Waals surface area (Å²) in [7, 11) is -0.304. The number of hydrogen-bond donors (Lipinski definition) is 1. The molecule has 1 heterocycles. The average Bonchev–Trinajstić information content (AvgIpc) is 3.07. The van der Waals surface area contributed by atoms with Gasteiger partial charge in [0.2, 0.25) is 5.91 Å². The van der Waals surface area contributed by atoms with Gasteiger partial charge >= 0.3 is 0 Å². The number of nitrogens with zero attached hydrogens (tertiary/aromatic N) is 1. The van der Waals surface area contributed by atoms with E-state index in [9.17, 15) is 13.2 Å². The molecule has 154 valence electrons. The summed E-state index contributed by atoms with van der Waals surface area (Å²) in [6, 6.07) is 10.3. The Morgan fingerprint density at radius 2 is 1.76 bits per heavy atom. The number of fused-ring (bicyclic) bond motifs is 1. The number of ether oxygens (including phenoxy) is 2. The Hall–Kier alpha value is -2.65. The van der Waals surface area contributed by atoms with Gasteiger partial charge in [-0.25, -0.2) is 13.4 Å². The van der Waals surface area contributed by atoms with Gasteiger partial charge in [-0.3, -0.25) is 4.79 Å². The number of hydrogen-bond acceptors (Lipinski definition) is 7. The van der Waals surface area contributed by atoms with Gasteiger partial charge < -0.3 is 14.8 Å². The number of sulfone groups is 1. The molecular formula is C20H22N2O5S2. The third-order valence-electron chi connectivity index (χ3n) is 4.34. The Morgan fingerprint density at radius 1 is 1.10 bits per heavy atom. The highest BCUT2D eigenvalue weighted by molar-refractivity contribution is 7.91. The van der Waals surface area contributed by atoms with E-state index in [1.54, 1.807) is 50.6 Å². The zero-order valence-electron chi connectivity index (χ0n) is 16.4. The van der Waals surface area contributed by atoms with Crippen LogP contribution >= 0.6 is 11.3 Å². The molecule has 0 saturated heterocycles. The molecule has 0 unspecified atom stereocenters. The highest BCUT2D eigenvalue weighted by Gasteiger charge is 2.16. The van der Waals surface area contributed by atoms with E-state index in [-0.39, 0.29) is 29.4 Å². The van der Waals surface area contributed by atoms with Gasteiger partial charge in [0.15, 0.2) is 26.5 Å². The highest BCUT2D eigenvalue weighted by atomic mass is 32.2. The maximum Gasteiger partial charge on any atom is 0.226 e. The molecule has 1 amide bonds. The van der Waals surface area contributed by atoms with E-state index in [1.165, 1.54) is 11.3 Å². The summed E-state index contributed by atoms with van der Waals surface area (Å²) in [6.07, 6.45) is 0.322. The van der Waals surface area contributed by atoms with Crippen LogP contribution in [0, 0.1) is 6.92 Å². The van der Waals surface area contributed by atoms with E-state index in [2.05, 4.69) is 10.3 Å². The van der Waals surface area contributed by atoms with E-state index >= 15 is 0 Å². The lowest BCUT2D eigenvalue weighted by Crippen LogP contribution is -2.14. The predicted octanol–water partition coefficient (Wildman–Crippen LogP) is 3.81. The number of nitrogens with one attached hydrogen (secondary N) is 1. The molecular weight excluding hydrogens is 412 g/mol. The Labute approximate surface area is 173 Å². The summed E-state index contributed by atoms with van der Waals surface area (Å²) in [5.41, 5.74) is 1.68. The molecule has 9 heteroatoms. The first kappa shape index (κ1) is 21.1. The standard InChI is InChI=1S/C20H22N2O5S2/c1-13-6-8-14(9-7-13)29(24,25)10-4-5-19(23)22-20-21-15-11-16(26-2)17(27-3)12-18(15)28-20/h6-9,11-12H,4-5,10H2,1-3H3,(H,21,22,23). The number of anilines is 1. The zero-order valence-corrected chi connectivity index (χ0v) is 18.0. The number of carbonyl (C=O) groups is 1. The van der Waals surface area contributed by atoms with Crippen LogP contribution in [0.4, 0.5) is 5.13 Å². The molecule has 0 bridgehead atoms. The van der Waals surface area contributed by atoms with Crippen LogP contribution in [-0.2, 0) is 14.6 Å². The van der Waals surface area contributed by atoms with Crippen molar-refractivity contribution in [3.63, 3.8) is 0 Å². The van der Waals surface area contributed by atoms with Crippen molar-refractivity contribution in [1.29, 1.82) is 0 Å². The first-order chi connectivity index (χ1) is 13.8.